The highest BCUT2D eigenvalue weighted by Crippen LogP contribution is 2.30. The summed E-state index contributed by atoms with van der Waals surface area (Å²) in [6, 6.07) is 8.17. The number of nitrogens with zero attached hydrogens (tertiary/aromatic N) is 3. The van der Waals surface area contributed by atoms with Gasteiger partial charge in [0.1, 0.15) is 11.4 Å². The molecule has 0 saturated heterocycles. The Balaban J connectivity index is 1.78. The zero-order valence-electron chi connectivity index (χ0n) is 16.1. The second-order valence-corrected chi connectivity index (χ2v) is 7.35. The van der Waals surface area contributed by atoms with Crippen LogP contribution in [0.1, 0.15) is 46.9 Å². The van der Waals surface area contributed by atoms with Crippen molar-refractivity contribution in [3.05, 3.63) is 46.6 Å². The fourth-order valence-corrected chi connectivity index (χ4v) is 3.48. The lowest BCUT2D eigenvalue weighted by Gasteiger charge is -2.16. The van der Waals surface area contributed by atoms with Crippen LogP contribution in [0.3, 0.4) is 0 Å². The Morgan fingerprint density at radius 3 is 2.63 bits per heavy atom. The molecule has 0 radical (unpaired) electrons. The van der Waals surface area contributed by atoms with E-state index in [1.54, 1.807) is 7.11 Å². The lowest BCUT2D eigenvalue weighted by molar-refractivity contribution is 0.0767. The Labute approximate surface area is 164 Å². The Morgan fingerprint density at radius 1 is 1.22 bits per heavy atom. The van der Waals surface area contributed by atoms with Gasteiger partial charge in [-0.05, 0) is 23.8 Å². The number of aromatic nitrogens is 2. The quantitative estimate of drug-likeness (QED) is 0.403. The van der Waals surface area contributed by atoms with Gasteiger partial charge in [-0.25, -0.2) is 9.97 Å². The van der Waals surface area contributed by atoms with Crippen molar-refractivity contribution in [3.8, 4) is 0 Å². The van der Waals surface area contributed by atoms with Crippen LogP contribution in [0, 0.1) is 0 Å². The van der Waals surface area contributed by atoms with Gasteiger partial charge < -0.3 is 15.0 Å². The van der Waals surface area contributed by atoms with E-state index in [0.717, 1.165) is 36.2 Å². The maximum Gasteiger partial charge on any atom is 0.260 e. The Morgan fingerprint density at radius 2 is 1.96 bits per heavy atom. The third-order valence-electron chi connectivity index (χ3n) is 4.52. The number of carbonyl (C=O) groups excluding carboxylic acids is 1. The summed E-state index contributed by atoms with van der Waals surface area (Å²) in [5.41, 5.74) is 3.65. The van der Waals surface area contributed by atoms with Crippen molar-refractivity contribution in [2.24, 2.45) is 0 Å². The minimum Gasteiger partial charge on any atom is -0.380 e. The number of carbonyl (C=O) groups is 1. The Kier molecular flexibility index (Phi) is 6.68. The highest BCUT2D eigenvalue weighted by atomic mass is 32.2. The molecule has 1 aromatic carbocycles. The molecular weight excluding hydrogens is 360 g/mol. The molecule has 6 nitrogen and oxygen atoms in total. The molecule has 0 fully saturated rings. The smallest absolute Gasteiger partial charge is 0.260 e. The molecule has 7 heteroatoms. The zero-order chi connectivity index (χ0) is 19.2. The van der Waals surface area contributed by atoms with Crippen LogP contribution in [0.2, 0.25) is 0 Å². The van der Waals surface area contributed by atoms with Crippen LogP contribution >= 0.6 is 11.8 Å². The van der Waals surface area contributed by atoms with Crippen molar-refractivity contribution < 1.29 is 9.53 Å². The summed E-state index contributed by atoms with van der Waals surface area (Å²) in [5.74, 6) is 0.665. The van der Waals surface area contributed by atoms with E-state index < -0.39 is 0 Å². The summed E-state index contributed by atoms with van der Waals surface area (Å²) in [5, 5.41) is 4.03. The van der Waals surface area contributed by atoms with Crippen LogP contribution in [0.5, 0.6) is 0 Å². The van der Waals surface area contributed by atoms with Crippen molar-refractivity contribution in [1.82, 2.24) is 14.9 Å². The van der Waals surface area contributed by atoms with Crippen molar-refractivity contribution in [2.75, 3.05) is 25.2 Å². The van der Waals surface area contributed by atoms with E-state index in [1.165, 1.54) is 11.8 Å². The Hall–Kier alpha value is -2.12. The van der Waals surface area contributed by atoms with Gasteiger partial charge in [-0.3, -0.25) is 4.79 Å². The zero-order valence-corrected chi connectivity index (χ0v) is 16.9. The maximum atomic E-state index is 13.0. The molecular formula is C20H26N4O2S. The molecule has 2 aromatic rings. The lowest BCUT2D eigenvalue weighted by Crippen LogP contribution is -2.24. The molecule has 1 aromatic heterocycles. The first-order valence-electron chi connectivity index (χ1n) is 9.21. The number of hydrogen-bond acceptors (Lipinski definition) is 6. The molecule has 27 heavy (non-hydrogen) atoms. The summed E-state index contributed by atoms with van der Waals surface area (Å²) in [6.45, 7) is 4.62. The third kappa shape index (κ3) is 4.59. The van der Waals surface area contributed by atoms with E-state index in [2.05, 4.69) is 22.2 Å². The number of benzene rings is 1. The number of thioether (sulfide) groups is 1. The highest BCUT2D eigenvalue weighted by molar-refractivity contribution is 7.98. The maximum absolute atomic E-state index is 13.0. The second kappa shape index (κ2) is 9.19. The number of ether oxygens (including phenoxy) is 1. The predicted molar refractivity (Wildman–Crippen MR) is 108 cm³/mol. The van der Waals surface area contributed by atoms with E-state index in [1.807, 2.05) is 35.4 Å². The largest absolute Gasteiger partial charge is 0.380 e. The van der Waals surface area contributed by atoms with Crippen LogP contribution in [0.4, 0.5) is 5.82 Å². The molecule has 0 atom stereocenters. The SMILES string of the molecule is CCCCNc1nc(SC)nc2c1C(=O)N(Cc1ccc(COC)cc1)C2. The summed E-state index contributed by atoms with van der Waals surface area (Å²) >= 11 is 1.50. The van der Waals surface area contributed by atoms with E-state index in [0.29, 0.717) is 36.2 Å². The van der Waals surface area contributed by atoms with Crippen LogP contribution in [0.25, 0.3) is 0 Å². The monoisotopic (exact) mass is 386 g/mol. The lowest BCUT2D eigenvalue weighted by atomic mass is 10.1. The van der Waals surface area contributed by atoms with Crippen LogP contribution in [-0.4, -0.2) is 40.7 Å². The first-order chi connectivity index (χ1) is 13.2. The van der Waals surface area contributed by atoms with Gasteiger partial charge in [0.2, 0.25) is 0 Å². The van der Waals surface area contributed by atoms with E-state index in [-0.39, 0.29) is 5.91 Å². The van der Waals surface area contributed by atoms with Crippen molar-refractivity contribution in [1.29, 1.82) is 0 Å². The number of amides is 1. The van der Waals surface area contributed by atoms with E-state index >= 15 is 0 Å². The fraction of sp³-hybridized carbons (Fsp3) is 0.450. The molecule has 144 valence electrons. The summed E-state index contributed by atoms with van der Waals surface area (Å²) < 4.78 is 5.15. The number of rotatable bonds is 9. The van der Waals surface area contributed by atoms with Crippen LogP contribution in [0.15, 0.2) is 29.4 Å². The van der Waals surface area contributed by atoms with Gasteiger partial charge >= 0.3 is 0 Å². The van der Waals surface area contributed by atoms with Gasteiger partial charge in [-0.1, -0.05) is 49.4 Å². The van der Waals surface area contributed by atoms with Crippen molar-refractivity contribution >= 4 is 23.5 Å². The van der Waals surface area contributed by atoms with Crippen molar-refractivity contribution in [2.45, 2.75) is 44.6 Å². The average molecular weight is 387 g/mol. The predicted octanol–water partition coefficient (Wildman–Crippen LogP) is 3.71. The van der Waals surface area contributed by atoms with E-state index in [9.17, 15) is 4.79 Å². The van der Waals surface area contributed by atoms with Gasteiger partial charge in [0.25, 0.3) is 5.91 Å². The molecule has 0 aliphatic carbocycles. The fourth-order valence-electron chi connectivity index (χ4n) is 3.09. The number of nitrogens with one attached hydrogen (secondary N) is 1. The molecule has 3 rings (SSSR count). The van der Waals surface area contributed by atoms with Gasteiger partial charge in [0.15, 0.2) is 5.16 Å². The molecule has 1 amide bonds. The van der Waals surface area contributed by atoms with Crippen molar-refractivity contribution in [3.63, 3.8) is 0 Å². The minimum absolute atomic E-state index is 0.00220. The number of unbranched alkanes of at least 4 members (excludes halogenated alkanes) is 1. The summed E-state index contributed by atoms with van der Waals surface area (Å²) in [6.07, 6.45) is 4.08. The average Bonchev–Trinajstić information content (AvgIpc) is 2.99. The second-order valence-electron chi connectivity index (χ2n) is 6.57. The molecule has 0 saturated carbocycles. The minimum atomic E-state index is -0.00220. The molecule has 1 N–H and O–H groups in total. The van der Waals surface area contributed by atoms with Crippen LogP contribution < -0.4 is 5.32 Å². The summed E-state index contributed by atoms with van der Waals surface area (Å²) in [4.78, 5) is 23.9. The van der Waals surface area contributed by atoms with E-state index in [4.69, 9.17) is 4.74 Å². The third-order valence-corrected chi connectivity index (χ3v) is 5.07. The standard InChI is InChI=1S/C20H26N4O2S/c1-4-5-10-21-18-17-16(22-20(23-18)27-3)12-24(19(17)25)11-14-6-8-15(9-7-14)13-26-2/h6-9H,4-5,10-13H2,1-3H3,(H,21,22,23). The molecule has 2 heterocycles. The summed E-state index contributed by atoms with van der Waals surface area (Å²) in [7, 11) is 1.68. The topological polar surface area (TPSA) is 67.4 Å². The molecule has 1 aliphatic rings. The van der Waals surface area contributed by atoms with Gasteiger partial charge in [-0.2, -0.15) is 0 Å². The van der Waals surface area contributed by atoms with Gasteiger partial charge in [0, 0.05) is 20.2 Å². The normalized spacial score (nSPS) is 13.1. The number of fused-ring (bicyclic) bond motifs is 1. The van der Waals surface area contributed by atoms with Crippen LogP contribution in [-0.2, 0) is 24.4 Å². The molecule has 0 spiro atoms. The number of methoxy groups -OCH3 is 1. The van der Waals surface area contributed by atoms with Gasteiger partial charge in [0.05, 0.1) is 18.8 Å². The number of hydrogen-bond donors (Lipinski definition) is 1. The number of anilines is 1. The first kappa shape index (κ1) is 19.6. The highest BCUT2D eigenvalue weighted by Gasteiger charge is 2.33. The molecule has 1 aliphatic heterocycles. The molecule has 0 bridgehead atoms. The molecule has 0 unspecified atom stereocenters. The first-order valence-corrected chi connectivity index (χ1v) is 10.4. The van der Waals surface area contributed by atoms with Gasteiger partial charge in [-0.15, -0.1) is 0 Å². The Bertz CT molecular complexity index is 795.